The average molecular weight is 1300 g/mol. The molecule has 27 nitrogen and oxygen atoms in total. The second-order valence-electron chi connectivity index (χ2n) is 19.6. The zero-order chi connectivity index (χ0) is 68.1. The standard InChI is InChI=1S/C29H22O10.C20H12O5.C9H12O6.C5H8O3.C4H4O3/c1-2-25(31)35-13-14-36-26(32)11-12-27(33)37-18-8-10-22-24(16-18)38-23-15-17(30)7-9-21(23)29(22)20-6-4-3-5-19(20)28(34)39-29;21-11-5-7-15-17(9-11)24-18-10-12(22)6-8-16(18)20(15)14-4-2-1-3-13(14)19(23)25-20;1-2-8(12)14-5-6-15-9(13)4-3-7(10)11;1-2-5(7)8-4-3-6;5-3-1-2-4(6)7-3/h2-10,15-16,30H,1,11-14H2;1-10,21-22H;2H,1,3-6H2,(H,10,11);2,6H,1,3-4H2;1-2H2. The molecule has 94 heavy (non-hydrogen) atoms. The van der Waals surface area contributed by atoms with Gasteiger partial charge in [-0.05, 0) is 60.7 Å². The van der Waals surface area contributed by atoms with Crippen LogP contribution in [0.4, 0.5) is 0 Å². The van der Waals surface area contributed by atoms with Crippen LogP contribution in [0.1, 0.15) is 92.6 Å². The van der Waals surface area contributed by atoms with Gasteiger partial charge >= 0.3 is 65.7 Å². The van der Waals surface area contributed by atoms with E-state index in [0.29, 0.717) is 56.0 Å². The maximum absolute atomic E-state index is 12.8. The van der Waals surface area contributed by atoms with Crippen molar-refractivity contribution in [1.29, 1.82) is 0 Å². The number of cyclic esters (lactones) is 2. The predicted molar refractivity (Wildman–Crippen MR) is 319 cm³/mol. The first-order chi connectivity index (χ1) is 45.1. The van der Waals surface area contributed by atoms with E-state index in [4.69, 9.17) is 43.4 Å². The van der Waals surface area contributed by atoms with Gasteiger partial charge in [-0.25, -0.2) is 24.0 Å². The lowest BCUT2D eigenvalue weighted by Gasteiger charge is -2.36. The van der Waals surface area contributed by atoms with E-state index < -0.39 is 76.9 Å². The number of esters is 10. The fraction of sp³-hybridized carbons (Fsp3) is 0.209. The Labute approximate surface area is 533 Å². The predicted octanol–water partition coefficient (Wildman–Crippen LogP) is 7.27. The first-order valence-corrected chi connectivity index (χ1v) is 28.2. The number of carboxylic acids is 1. The van der Waals surface area contributed by atoms with Gasteiger partial charge in [-0.1, -0.05) is 56.1 Å². The molecule has 0 amide bonds. The van der Waals surface area contributed by atoms with Crippen LogP contribution in [0.2, 0.25) is 0 Å². The Morgan fingerprint density at radius 3 is 1.18 bits per heavy atom. The van der Waals surface area contributed by atoms with Gasteiger partial charge < -0.3 is 77.6 Å². The second-order valence-corrected chi connectivity index (χ2v) is 19.6. The number of aliphatic hydroxyl groups excluding tert-OH is 1. The van der Waals surface area contributed by atoms with Crippen LogP contribution in [0.5, 0.6) is 46.0 Å². The molecule has 488 valence electrons. The highest BCUT2D eigenvalue weighted by Gasteiger charge is 2.55. The van der Waals surface area contributed by atoms with Crippen molar-refractivity contribution < 1.29 is 130 Å². The molecule has 5 aliphatic heterocycles. The fourth-order valence-corrected chi connectivity index (χ4v) is 9.45. The SMILES string of the molecule is C=CC(=O)OCCO.C=CC(=O)OCCOC(=O)CCC(=O)O.C=CC(=O)OCCOC(=O)CCC(=O)Oc1ccc2c(c1)Oc1cc(O)ccc1C21OC(=O)c2ccccc21.O=C1CCC(=O)O1.O=C1OC2(c3ccc(O)cc3Oc3cc(O)ccc32)c2ccccc21. The van der Waals surface area contributed by atoms with Gasteiger partial charge in [-0.3, -0.25) is 28.8 Å². The number of carbonyl (C=O) groups is 11. The van der Waals surface area contributed by atoms with Crippen molar-refractivity contribution in [3.63, 3.8) is 0 Å². The summed E-state index contributed by atoms with van der Waals surface area (Å²) in [5.74, 6) is -5.04. The number of phenolic OH excluding ortho intramolecular Hbond substituents is 3. The number of rotatable bonds is 18. The molecular weight excluding hydrogens is 1240 g/mol. The fourth-order valence-electron chi connectivity index (χ4n) is 9.45. The summed E-state index contributed by atoms with van der Waals surface area (Å²) in [7, 11) is 0. The molecule has 0 bridgehead atoms. The summed E-state index contributed by atoms with van der Waals surface area (Å²) >= 11 is 0. The largest absolute Gasteiger partial charge is 0.508 e. The van der Waals surface area contributed by atoms with Crippen LogP contribution >= 0.6 is 0 Å². The highest BCUT2D eigenvalue weighted by molar-refractivity contribution is 5.98. The van der Waals surface area contributed by atoms with Crippen molar-refractivity contribution in [2.24, 2.45) is 0 Å². The van der Waals surface area contributed by atoms with E-state index in [0.717, 1.165) is 18.2 Å². The van der Waals surface area contributed by atoms with Crippen molar-refractivity contribution in [3.05, 3.63) is 204 Å². The first-order valence-electron chi connectivity index (χ1n) is 28.2. The Morgan fingerprint density at radius 2 is 0.798 bits per heavy atom. The van der Waals surface area contributed by atoms with Crippen molar-refractivity contribution >= 4 is 65.7 Å². The molecule has 1 unspecified atom stereocenters. The molecule has 0 aliphatic carbocycles. The summed E-state index contributed by atoms with van der Waals surface area (Å²) in [6, 6.07) is 32.8. The van der Waals surface area contributed by atoms with Crippen molar-refractivity contribution in [2.45, 2.75) is 49.7 Å². The molecule has 2 spiro atoms. The molecule has 6 aromatic carbocycles. The van der Waals surface area contributed by atoms with Crippen LogP contribution in [0.25, 0.3) is 0 Å². The number of hydrogen-bond acceptors (Lipinski definition) is 26. The van der Waals surface area contributed by atoms with Crippen LogP contribution < -0.4 is 14.2 Å². The highest BCUT2D eigenvalue weighted by Crippen LogP contribution is 2.58. The normalized spacial score (nSPS) is 14.5. The quantitative estimate of drug-likeness (QED) is 0.0141. The van der Waals surface area contributed by atoms with Crippen molar-refractivity contribution in [2.75, 3.05) is 39.6 Å². The number of carboxylic acid groups (broad SMARTS) is 1. The molecule has 5 N–H and O–H groups in total. The third-order valence-corrected chi connectivity index (χ3v) is 13.4. The lowest BCUT2D eigenvalue weighted by Crippen LogP contribution is -2.33. The Bertz CT molecular complexity index is 3890. The molecule has 1 atom stereocenters. The van der Waals surface area contributed by atoms with E-state index in [2.05, 4.69) is 38.7 Å². The molecule has 27 heteroatoms. The topological polar surface area (TPSA) is 390 Å². The summed E-state index contributed by atoms with van der Waals surface area (Å²) in [5, 5.41) is 46.1. The Hall–Kier alpha value is -12.1. The molecule has 5 aliphatic rings. The monoisotopic (exact) mass is 1290 g/mol. The van der Waals surface area contributed by atoms with Gasteiger partial charge in [0.25, 0.3) is 0 Å². The number of aromatic hydroxyl groups is 3. The number of fused-ring (bicyclic) bond motifs is 12. The van der Waals surface area contributed by atoms with Gasteiger partial charge in [0.05, 0.1) is 56.3 Å². The van der Waals surface area contributed by atoms with E-state index >= 15 is 0 Å². The van der Waals surface area contributed by atoms with Gasteiger partial charge in [0.1, 0.15) is 79.0 Å². The lowest BCUT2D eigenvalue weighted by molar-refractivity contribution is -0.152. The summed E-state index contributed by atoms with van der Waals surface area (Å²) in [6.45, 7) is 9.07. The van der Waals surface area contributed by atoms with Gasteiger partial charge in [-0.2, -0.15) is 0 Å². The van der Waals surface area contributed by atoms with E-state index in [1.807, 2.05) is 12.1 Å². The van der Waals surface area contributed by atoms with Crippen LogP contribution in [-0.4, -0.2) is 131 Å². The van der Waals surface area contributed by atoms with Crippen molar-refractivity contribution in [3.8, 4) is 46.0 Å². The van der Waals surface area contributed by atoms with Gasteiger partial charge in [-0.15, -0.1) is 0 Å². The Morgan fingerprint density at radius 1 is 0.436 bits per heavy atom. The van der Waals surface area contributed by atoms with Gasteiger partial charge in [0.2, 0.25) is 0 Å². The number of aliphatic carboxylic acids is 1. The van der Waals surface area contributed by atoms with E-state index in [9.17, 15) is 68.1 Å². The zero-order valence-electron chi connectivity index (χ0n) is 49.6. The third kappa shape index (κ3) is 17.0. The lowest BCUT2D eigenvalue weighted by atomic mass is 9.77. The maximum atomic E-state index is 12.8. The Balaban J connectivity index is 0.000000193. The zero-order valence-corrected chi connectivity index (χ0v) is 49.6. The molecular formula is C67H58O27. The number of phenols is 3. The maximum Gasteiger partial charge on any atom is 0.340 e. The molecule has 11 rings (SSSR count). The smallest absolute Gasteiger partial charge is 0.340 e. The molecule has 0 radical (unpaired) electrons. The van der Waals surface area contributed by atoms with Crippen molar-refractivity contribution in [1.82, 2.24) is 0 Å². The van der Waals surface area contributed by atoms with Gasteiger partial charge in [0.15, 0.2) is 11.2 Å². The Kier molecular flexibility index (Phi) is 23.6. The number of hydrogen-bond donors (Lipinski definition) is 5. The number of carbonyl (C=O) groups excluding carboxylic acids is 10. The molecule has 1 saturated heterocycles. The van der Waals surface area contributed by atoms with Crippen LogP contribution in [0.3, 0.4) is 0 Å². The molecule has 0 saturated carbocycles. The minimum Gasteiger partial charge on any atom is -0.508 e. The summed E-state index contributed by atoms with van der Waals surface area (Å²) in [5.41, 5.74) is 2.04. The minimum absolute atomic E-state index is 0.0371. The van der Waals surface area contributed by atoms with E-state index in [1.54, 1.807) is 60.7 Å². The molecule has 6 aromatic rings. The van der Waals surface area contributed by atoms with E-state index in [-0.39, 0.29) is 113 Å². The first kappa shape index (κ1) is 69.3. The number of aliphatic hydroxyl groups is 1. The third-order valence-electron chi connectivity index (χ3n) is 13.4. The summed E-state index contributed by atoms with van der Waals surface area (Å²) < 4.78 is 56.3. The molecule has 0 aromatic heterocycles. The summed E-state index contributed by atoms with van der Waals surface area (Å²) in [6.07, 6.45) is 2.61. The molecule has 1 fully saturated rings. The summed E-state index contributed by atoms with van der Waals surface area (Å²) in [4.78, 5) is 122. The average Bonchev–Trinajstić information content (AvgIpc) is 1.47. The highest BCUT2D eigenvalue weighted by atomic mass is 16.6. The minimum atomic E-state index is -1.32. The van der Waals surface area contributed by atoms with Crippen LogP contribution in [-0.2, 0) is 92.2 Å². The number of benzene rings is 6. The van der Waals surface area contributed by atoms with E-state index in [1.165, 1.54) is 48.5 Å². The number of ether oxygens (including phenoxy) is 11. The second kappa shape index (κ2) is 32.1. The van der Waals surface area contributed by atoms with Crippen LogP contribution in [0.15, 0.2) is 159 Å². The van der Waals surface area contributed by atoms with Crippen LogP contribution in [0, 0.1) is 0 Å². The van der Waals surface area contributed by atoms with Gasteiger partial charge in [0, 0.05) is 75.9 Å². The molecule has 5 heterocycles.